The number of hydrogen-bond acceptors (Lipinski definition) is 2. The monoisotopic (exact) mass is 190 g/mol. The highest BCUT2D eigenvalue weighted by atomic mass is 16.1. The largest absolute Gasteiger partial charge is 0.398 e. The van der Waals surface area contributed by atoms with Crippen molar-refractivity contribution in [3.63, 3.8) is 0 Å². The van der Waals surface area contributed by atoms with Gasteiger partial charge in [0.2, 0.25) is 5.91 Å². The normalized spacial score (nSPS) is 19.1. The van der Waals surface area contributed by atoms with Crippen LogP contribution in [-0.2, 0) is 11.2 Å². The number of fused-ring (bicyclic) bond motifs is 1. The molecule has 0 spiro atoms. The van der Waals surface area contributed by atoms with Gasteiger partial charge in [0, 0.05) is 12.6 Å². The number of carbonyl (C=O) groups is 1. The second kappa shape index (κ2) is 3.33. The Morgan fingerprint density at radius 2 is 2.36 bits per heavy atom. The van der Waals surface area contributed by atoms with E-state index < -0.39 is 0 Å². The zero-order valence-corrected chi connectivity index (χ0v) is 8.21. The summed E-state index contributed by atoms with van der Waals surface area (Å²) in [5.41, 5.74) is 9.08. The van der Waals surface area contributed by atoms with Crippen molar-refractivity contribution < 1.29 is 4.79 Å². The fourth-order valence-electron chi connectivity index (χ4n) is 2.08. The van der Waals surface area contributed by atoms with E-state index >= 15 is 0 Å². The van der Waals surface area contributed by atoms with E-state index in [4.69, 9.17) is 5.73 Å². The van der Waals surface area contributed by atoms with Crippen LogP contribution in [0.15, 0.2) is 18.2 Å². The van der Waals surface area contributed by atoms with Crippen LogP contribution in [0.3, 0.4) is 0 Å². The van der Waals surface area contributed by atoms with Gasteiger partial charge in [-0.15, -0.1) is 0 Å². The Kier molecular flexibility index (Phi) is 2.15. The number of amides is 1. The summed E-state index contributed by atoms with van der Waals surface area (Å²) in [5, 5.41) is 2.93. The molecule has 0 aromatic heterocycles. The predicted molar refractivity (Wildman–Crippen MR) is 55.7 cm³/mol. The lowest BCUT2D eigenvalue weighted by atomic mass is 10.1. The van der Waals surface area contributed by atoms with E-state index in [1.54, 1.807) is 6.92 Å². The lowest BCUT2D eigenvalue weighted by Gasteiger charge is -2.12. The van der Waals surface area contributed by atoms with Crippen molar-refractivity contribution >= 4 is 11.6 Å². The van der Waals surface area contributed by atoms with Crippen LogP contribution in [0, 0.1) is 0 Å². The first kappa shape index (κ1) is 9.06. The minimum Gasteiger partial charge on any atom is -0.398 e. The van der Waals surface area contributed by atoms with Crippen LogP contribution in [0.25, 0.3) is 0 Å². The van der Waals surface area contributed by atoms with E-state index in [9.17, 15) is 4.79 Å². The molecule has 3 N–H and O–H groups in total. The molecule has 0 radical (unpaired) electrons. The third-order valence-corrected chi connectivity index (χ3v) is 2.68. The van der Waals surface area contributed by atoms with E-state index in [1.165, 1.54) is 11.1 Å². The molecule has 3 nitrogen and oxygen atoms in total. The Hall–Kier alpha value is -1.51. The Morgan fingerprint density at radius 1 is 1.57 bits per heavy atom. The predicted octanol–water partition coefficient (Wildman–Crippen LogP) is 1.39. The highest BCUT2D eigenvalue weighted by Gasteiger charge is 2.23. The molecule has 1 aliphatic rings. The van der Waals surface area contributed by atoms with Crippen molar-refractivity contribution in [1.82, 2.24) is 5.32 Å². The molecule has 0 bridgehead atoms. The number of hydrogen-bond donors (Lipinski definition) is 2. The van der Waals surface area contributed by atoms with Gasteiger partial charge in [-0.05, 0) is 30.0 Å². The standard InChI is InChI=1S/C11H14N2O/c1-7(14)13-11-6-5-8-9(11)3-2-4-10(8)12/h2-4,11H,5-6,12H2,1H3,(H,13,14). The van der Waals surface area contributed by atoms with Crippen LogP contribution in [0.2, 0.25) is 0 Å². The first-order chi connectivity index (χ1) is 6.68. The summed E-state index contributed by atoms with van der Waals surface area (Å²) < 4.78 is 0. The summed E-state index contributed by atoms with van der Waals surface area (Å²) >= 11 is 0. The molecule has 1 unspecified atom stereocenters. The topological polar surface area (TPSA) is 55.1 Å². The molecule has 2 rings (SSSR count). The van der Waals surface area contributed by atoms with Crippen molar-refractivity contribution in [2.24, 2.45) is 0 Å². The molecular weight excluding hydrogens is 176 g/mol. The van der Waals surface area contributed by atoms with Gasteiger partial charge in [-0.25, -0.2) is 0 Å². The minimum absolute atomic E-state index is 0.0188. The summed E-state index contributed by atoms with van der Waals surface area (Å²) in [4.78, 5) is 11.0. The van der Waals surface area contributed by atoms with Gasteiger partial charge in [0.05, 0.1) is 6.04 Å². The number of benzene rings is 1. The van der Waals surface area contributed by atoms with E-state index in [0.29, 0.717) is 0 Å². The Balaban J connectivity index is 2.30. The molecule has 0 fully saturated rings. The highest BCUT2D eigenvalue weighted by Crippen LogP contribution is 2.34. The van der Waals surface area contributed by atoms with Crippen molar-refractivity contribution in [1.29, 1.82) is 0 Å². The second-order valence-corrected chi connectivity index (χ2v) is 3.71. The van der Waals surface area contributed by atoms with E-state index in [1.807, 2.05) is 18.2 Å². The first-order valence-corrected chi connectivity index (χ1v) is 4.83. The van der Waals surface area contributed by atoms with Crippen LogP contribution in [0.4, 0.5) is 5.69 Å². The highest BCUT2D eigenvalue weighted by molar-refractivity contribution is 5.74. The van der Waals surface area contributed by atoms with Crippen LogP contribution in [-0.4, -0.2) is 5.91 Å². The second-order valence-electron chi connectivity index (χ2n) is 3.71. The van der Waals surface area contributed by atoms with Crippen molar-refractivity contribution in [3.8, 4) is 0 Å². The summed E-state index contributed by atoms with van der Waals surface area (Å²) in [7, 11) is 0. The lowest BCUT2D eigenvalue weighted by Crippen LogP contribution is -2.24. The first-order valence-electron chi connectivity index (χ1n) is 4.83. The Bertz CT molecular complexity index is 374. The van der Waals surface area contributed by atoms with Crippen molar-refractivity contribution in [3.05, 3.63) is 29.3 Å². The molecule has 1 aliphatic carbocycles. The summed E-state index contributed by atoms with van der Waals surface area (Å²) in [6.45, 7) is 1.55. The fraction of sp³-hybridized carbons (Fsp3) is 0.364. The molecule has 0 saturated carbocycles. The van der Waals surface area contributed by atoms with Crippen molar-refractivity contribution in [2.75, 3.05) is 5.73 Å². The maximum absolute atomic E-state index is 11.0. The number of carbonyl (C=O) groups excluding carboxylic acids is 1. The molecule has 0 heterocycles. The number of rotatable bonds is 1. The molecule has 74 valence electrons. The van der Waals surface area contributed by atoms with Gasteiger partial charge in [-0.2, -0.15) is 0 Å². The maximum Gasteiger partial charge on any atom is 0.217 e. The molecule has 0 saturated heterocycles. The zero-order valence-electron chi connectivity index (χ0n) is 8.21. The maximum atomic E-state index is 11.0. The number of nitrogens with two attached hydrogens (primary N) is 1. The average molecular weight is 190 g/mol. The van der Waals surface area contributed by atoms with Crippen LogP contribution >= 0.6 is 0 Å². The molecule has 1 atom stereocenters. The zero-order chi connectivity index (χ0) is 10.1. The van der Waals surface area contributed by atoms with Crippen LogP contribution in [0.5, 0.6) is 0 Å². The molecule has 1 amide bonds. The third kappa shape index (κ3) is 1.45. The van der Waals surface area contributed by atoms with Gasteiger partial charge in [-0.1, -0.05) is 12.1 Å². The number of nitrogens with one attached hydrogen (secondary N) is 1. The molecule has 0 aliphatic heterocycles. The van der Waals surface area contributed by atoms with E-state index in [0.717, 1.165) is 18.5 Å². The molecular formula is C11H14N2O. The number of anilines is 1. The third-order valence-electron chi connectivity index (χ3n) is 2.68. The van der Waals surface area contributed by atoms with E-state index in [2.05, 4.69) is 5.32 Å². The smallest absolute Gasteiger partial charge is 0.217 e. The van der Waals surface area contributed by atoms with E-state index in [-0.39, 0.29) is 11.9 Å². The van der Waals surface area contributed by atoms with Gasteiger partial charge in [0.25, 0.3) is 0 Å². The van der Waals surface area contributed by atoms with Crippen LogP contribution < -0.4 is 11.1 Å². The summed E-state index contributed by atoms with van der Waals surface area (Å²) in [6, 6.07) is 6.05. The Morgan fingerprint density at radius 3 is 3.07 bits per heavy atom. The fourth-order valence-corrected chi connectivity index (χ4v) is 2.08. The van der Waals surface area contributed by atoms with Crippen LogP contribution in [0.1, 0.15) is 30.5 Å². The van der Waals surface area contributed by atoms with Gasteiger partial charge >= 0.3 is 0 Å². The van der Waals surface area contributed by atoms with Gasteiger partial charge in [0.15, 0.2) is 0 Å². The molecule has 1 aromatic rings. The Labute approximate surface area is 83.3 Å². The van der Waals surface area contributed by atoms with Gasteiger partial charge < -0.3 is 11.1 Å². The van der Waals surface area contributed by atoms with Gasteiger partial charge in [0.1, 0.15) is 0 Å². The molecule has 3 heteroatoms. The quantitative estimate of drug-likeness (QED) is 0.657. The average Bonchev–Trinajstić information content (AvgIpc) is 2.49. The summed E-state index contributed by atoms with van der Waals surface area (Å²) in [5.74, 6) is 0.0188. The van der Waals surface area contributed by atoms with Crippen molar-refractivity contribution in [2.45, 2.75) is 25.8 Å². The number of nitrogen functional groups attached to an aromatic ring is 1. The SMILES string of the molecule is CC(=O)NC1CCc2c(N)cccc21. The lowest BCUT2D eigenvalue weighted by molar-refractivity contribution is -0.119. The summed E-state index contributed by atoms with van der Waals surface area (Å²) in [6.07, 6.45) is 1.93. The minimum atomic E-state index is 0.0188. The molecule has 14 heavy (non-hydrogen) atoms. The molecule has 1 aromatic carbocycles. The van der Waals surface area contributed by atoms with Gasteiger partial charge in [-0.3, -0.25) is 4.79 Å².